The summed E-state index contributed by atoms with van der Waals surface area (Å²) >= 11 is 1.43. The lowest BCUT2D eigenvalue weighted by Gasteiger charge is -2.27. The summed E-state index contributed by atoms with van der Waals surface area (Å²) in [5.74, 6) is -0.0997. The van der Waals surface area contributed by atoms with E-state index in [0.29, 0.717) is 23.8 Å². The fraction of sp³-hybridized carbons (Fsp3) is 0.414. The van der Waals surface area contributed by atoms with Crippen LogP contribution in [0, 0.1) is 18.3 Å². The van der Waals surface area contributed by atoms with Gasteiger partial charge in [0.25, 0.3) is 0 Å². The molecule has 4 aromatic rings. The number of ether oxygens (including phenoxy) is 1. The number of hydrogen-bond donors (Lipinski definition) is 3. The van der Waals surface area contributed by atoms with Crippen LogP contribution in [0.5, 0.6) is 0 Å². The number of aliphatic hydroxyl groups is 1. The van der Waals surface area contributed by atoms with Crippen molar-refractivity contribution in [1.82, 2.24) is 14.9 Å². The first-order valence-corrected chi connectivity index (χ1v) is 13.9. The second-order valence-corrected chi connectivity index (χ2v) is 11.9. The Morgan fingerprint density at radius 2 is 2.05 bits per heavy atom. The second-order valence-electron chi connectivity index (χ2n) is 10.9. The molecule has 6 rings (SSSR count). The standard InChI is InChI=1S/C29H32N4O4S/c1-16-10-17-11-20(6-7-24(17)33(16)28(36)32-19-4-5-19)31-22-8-9-30-23-13-25(38-26(22)23)27(35)29(2)14-21(37-3)12-18(29)15-34/h6-11,13,18-19,21,34H,4-5,12,14-15H2,1-3H3,(H,30,31)(H,32,36)/t18?,21-,29?/m1/s1. The second kappa shape index (κ2) is 9.48. The van der Waals surface area contributed by atoms with Crippen molar-refractivity contribution < 1.29 is 19.4 Å². The molecule has 2 aliphatic carbocycles. The fourth-order valence-corrected chi connectivity index (χ4v) is 6.95. The molecule has 0 aliphatic heterocycles. The van der Waals surface area contributed by atoms with Crippen LogP contribution in [0.15, 0.2) is 42.6 Å². The summed E-state index contributed by atoms with van der Waals surface area (Å²) in [6.45, 7) is 3.85. The summed E-state index contributed by atoms with van der Waals surface area (Å²) in [5.41, 5.74) is 3.59. The van der Waals surface area contributed by atoms with Crippen LogP contribution in [-0.2, 0) is 4.74 Å². The first kappa shape index (κ1) is 25.0. The normalized spacial score (nSPS) is 23.3. The minimum atomic E-state index is -0.675. The zero-order valence-corrected chi connectivity index (χ0v) is 22.6. The molecule has 1 aromatic carbocycles. The number of Topliss-reactive ketones (excluding diaryl/α,β-unsaturated/α-hetero) is 1. The number of rotatable bonds is 7. The predicted molar refractivity (Wildman–Crippen MR) is 150 cm³/mol. The number of fused-ring (bicyclic) bond motifs is 2. The smallest absolute Gasteiger partial charge is 0.326 e. The molecule has 198 valence electrons. The Balaban J connectivity index is 1.29. The van der Waals surface area contributed by atoms with E-state index in [1.54, 1.807) is 17.9 Å². The van der Waals surface area contributed by atoms with E-state index in [9.17, 15) is 14.7 Å². The van der Waals surface area contributed by atoms with Crippen LogP contribution >= 0.6 is 11.3 Å². The Morgan fingerprint density at radius 1 is 1.24 bits per heavy atom. The summed E-state index contributed by atoms with van der Waals surface area (Å²) in [5, 5.41) is 17.5. The van der Waals surface area contributed by atoms with E-state index in [4.69, 9.17) is 4.74 Å². The minimum absolute atomic E-state index is 0.0287. The van der Waals surface area contributed by atoms with E-state index >= 15 is 0 Å². The highest BCUT2D eigenvalue weighted by molar-refractivity contribution is 7.21. The van der Waals surface area contributed by atoms with Crippen molar-refractivity contribution in [1.29, 1.82) is 0 Å². The topological polar surface area (TPSA) is 105 Å². The monoisotopic (exact) mass is 532 g/mol. The van der Waals surface area contributed by atoms with Gasteiger partial charge in [-0.1, -0.05) is 6.92 Å². The first-order valence-electron chi connectivity index (χ1n) is 13.1. The molecule has 0 radical (unpaired) electrons. The number of ketones is 1. The number of carbonyl (C=O) groups is 2. The Labute approximate surface area is 225 Å². The van der Waals surface area contributed by atoms with Gasteiger partial charge in [0.15, 0.2) is 5.78 Å². The molecule has 38 heavy (non-hydrogen) atoms. The van der Waals surface area contributed by atoms with Crippen molar-refractivity contribution in [3.05, 3.63) is 53.2 Å². The van der Waals surface area contributed by atoms with E-state index in [1.807, 2.05) is 50.2 Å². The molecule has 2 aliphatic rings. The molecular formula is C29H32N4O4S. The number of methoxy groups -OCH3 is 1. The van der Waals surface area contributed by atoms with Gasteiger partial charge in [-0.15, -0.1) is 11.3 Å². The van der Waals surface area contributed by atoms with Crippen molar-refractivity contribution in [3.63, 3.8) is 0 Å². The lowest BCUT2D eigenvalue weighted by Crippen LogP contribution is -2.33. The van der Waals surface area contributed by atoms with Gasteiger partial charge in [0, 0.05) is 48.1 Å². The van der Waals surface area contributed by atoms with Gasteiger partial charge in [-0.05, 0) is 74.9 Å². The number of nitrogens with one attached hydrogen (secondary N) is 2. The van der Waals surface area contributed by atoms with Gasteiger partial charge in [-0.3, -0.25) is 14.3 Å². The number of thiophene rings is 1. The number of anilines is 2. The summed E-state index contributed by atoms with van der Waals surface area (Å²) in [6.07, 6.45) is 5.07. The molecule has 3 atom stereocenters. The van der Waals surface area contributed by atoms with Gasteiger partial charge in [-0.25, -0.2) is 4.79 Å². The molecular weight excluding hydrogens is 500 g/mol. The van der Waals surface area contributed by atoms with Crippen molar-refractivity contribution in [2.24, 2.45) is 11.3 Å². The third-order valence-electron chi connectivity index (χ3n) is 8.18. The largest absolute Gasteiger partial charge is 0.396 e. The maximum atomic E-state index is 13.7. The number of aryl methyl sites for hydroxylation is 1. The number of aliphatic hydroxyl groups excluding tert-OH is 1. The Bertz CT molecular complexity index is 1550. The zero-order valence-electron chi connectivity index (χ0n) is 21.8. The van der Waals surface area contributed by atoms with Crippen molar-refractivity contribution in [2.45, 2.75) is 51.7 Å². The lowest BCUT2D eigenvalue weighted by molar-refractivity contribution is 0.0650. The summed E-state index contributed by atoms with van der Waals surface area (Å²) < 4.78 is 8.17. The van der Waals surface area contributed by atoms with E-state index in [1.165, 1.54) is 11.3 Å². The lowest BCUT2D eigenvalue weighted by atomic mass is 9.76. The number of aromatic nitrogens is 2. The maximum absolute atomic E-state index is 13.7. The van der Waals surface area contributed by atoms with E-state index in [-0.39, 0.29) is 30.4 Å². The van der Waals surface area contributed by atoms with Gasteiger partial charge < -0.3 is 20.5 Å². The maximum Gasteiger partial charge on any atom is 0.326 e. The van der Waals surface area contributed by atoms with Crippen molar-refractivity contribution >= 4 is 55.6 Å². The predicted octanol–water partition coefficient (Wildman–Crippen LogP) is 5.63. The van der Waals surface area contributed by atoms with Crippen LogP contribution < -0.4 is 10.6 Å². The summed E-state index contributed by atoms with van der Waals surface area (Å²) in [6, 6.07) is 12.0. The van der Waals surface area contributed by atoms with Gasteiger partial charge in [0.2, 0.25) is 0 Å². The molecule has 2 unspecified atom stereocenters. The van der Waals surface area contributed by atoms with Gasteiger partial charge >= 0.3 is 6.03 Å². The highest BCUT2D eigenvalue weighted by Crippen LogP contribution is 2.48. The average molecular weight is 533 g/mol. The molecule has 1 amide bonds. The summed E-state index contributed by atoms with van der Waals surface area (Å²) in [7, 11) is 1.66. The van der Waals surface area contributed by atoms with Crippen LogP contribution in [0.4, 0.5) is 16.2 Å². The molecule has 0 spiro atoms. The fourth-order valence-electron chi connectivity index (χ4n) is 5.79. The molecule has 0 saturated heterocycles. The molecule has 3 N–H and O–H groups in total. The van der Waals surface area contributed by atoms with Gasteiger partial charge in [0.05, 0.1) is 32.4 Å². The van der Waals surface area contributed by atoms with Crippen LogP contribution in [-0.4, -0.2) is 52.3 Å². The average Bonchev–Trinajstić information content (AvgIpc) is 3.34. The van der Waals surface area contributed by atoms with Crippen LogP contribution in [0.25, 0.3) is 21.1 Å². The summed E-state index contributed by atoms with van der Waals surface area (Å²) in [4.78, 5) is 31.6. The van der Waals surface area contributed by atoms with Crippen LogP contribution in [0.1, 0.15) is 48.0 Å². The Kier molecular flexibility index (Phi) is 6.25. The molecule has 9 heteroatoms. The molecule has 3 heterocycles. The quantitative estimate of drug-likeness (QED) is 0.267. The molecule has 0 bridgehead atoms. The third kappa shape index (κ3) is 4.28. The van der Waals surface area contributed by atoms with Crippen molar-refractivity contribution in [2.75, 3.05) is 19.0 Å². The third-order valence-corrected chi connectivity index (χ3v) is 9.34. The Hall–Kier alpha value is -3.27. The molecule has 2 fully saturated rings. The zero-order chi connectivity index (χ0) is 26.6. The van der Waals surface area contributed by atoms with E-state index < -0.39 is 5.41 Å². The number of amides is 1. The van der Waals surface area contributed by atoms with Crippen molar-refractivity contribution in [3.8, 4) is 0 Å². The highest BCUT2D eigenvalue weighted by atomic mass is 32.1. The molecule has 3 aromatic heterocycles. The Morgan fingerprint density at radius 3 is 2.79 bits per heavy atom. The highest BCUT2D eigenvalue weighted by Gasteiger charge is 2.49. The van der Waals surface area contributed by atoms with Crippen LogP contribution in [0.3, 0.4) is 0 Å². The van der Waals surface area contributed by atoms with Crippen LogP contribution in [0.2, 0.25) is 0 Å². The van der Waals surface area contributed by atoms with E-state index in [0.717, 1.165) is 51.0 Å². The van der Waals surface area contributed by atoms with Gasteiger partial charge in [0.1, 0.15) is 0 Å². The number of pyridine rings is 1. The SMILES string of the molecule is CO[C@@H]1CC(CO)C(C)(C(=O)c2cc3nccc(Nc4ccc5c(c4)cc(C)n5C(=O)NC4CC4)c3s2)C1. The number of benzene rings is 1. The van der Waals surface area contributed by atoms with E-state index in [2.05, 4.69) is 15.6 Å². The molecule has 8 nitrogen and oxygen atoms in total. The molecule has 2 saturated carbocycles. The number of hydrogen-bond acceptors (Lipinski definition) is 7. The number of carbonyl (C=O) groups excluding carboxylic acids is 2. The minimum Gasteiger partial charge on any atom is -0.396 e. The first-order chi connectivity index (χ1) is 18.3. The number of nitrogens with zero attached hydrogens (tertiary/aromatic N) is 2. The van der Waals surface area contributed by atoms with Gasteiger partial charge in [-0.2, -0.15) is 0 Å².